The molecule has 0 spiro atoms. The van der Waals surface area contributed by atoms with Crippen molar-refractivity contribution in [1.82, 2.24) is 4.90 Å². The molecule has 0 aliphatic carbocycles. The zero-order valence-electron chi connectivity index (χ0n) is 10.9. The van der Waals surface area contributed by atoms with Crippen molar-refractivity contribution >= 4 is 22.9 Å². The number of piperazine rings is 1. The summed E-state index contributed by atoms with van der Waals surface area (Å²) in [6, 6.07) is 8.25. The van der Waals surface area contributed by atoms with Gasteiger partial charge in [-0.2, -0.15) is 0 Å². The number of hydrogen-bond donors (Lipinski definition) is 1. The van der Waals surface area contributed by atoms with Crippen LogP contribution in [0, 0.1) is 0 Å². The molecule has 18 heavy (non-hydrogen) atoms. The molecule has 4 heteroatoms. The quantitative estimate of drug-likeness (QED) is 0.840. The molecule has 2 rings (SSSR count). The average molecular weight is 263 g/mol. The highest BCUT2D eigenvalue weighted by Gasteiger charge is 2.16. The first-order valence-corrected chi connectivity index (χ1v) is 6.98. The van der Waals surface area contributed by atoms with E-state index in [9.17, 15) is 0 Å². The molecular formula is C14H21N3S. The van der Waals surface area contributed by atoms with Crippen molar-refractivity contribution in [3.05, 3.63) is 29.8 Å². The van der Waals surface area contributed by atoms with Crippen LogP contribution in [-0.2, 0) is 0 Å². The van der Waals surface area contributed by atoms with Crippen LogP contribution in [-0.4, -0.2) is 42.6 Å². The van der Waals surface area contributed by atoms with Gasteiger partial charge in [0.15, 0.2) is 0 Å². The molecule has 0 radical (unpaired) electrons. The summed E-state index contributed by atoms with van der Waals surface area (Å²) < 4.78 is 0. The Morgan fingerprint density at radius 2 is 1.78 bits per heavy atom. The molecule has 0 saturated carbocycles. The molecule has 0 amide bonds. The van der Waals surface area contributed by atoms with E-state index in [1.807, 2.05) is 12.1 Å². The van der Waals surface area contributed by atoms with Gasteiger partial charge >= 0.3 is 0 Å². The van der Waals surface area contributed by atoms with Crippen LogP contribution in [0.2, 0.25) is 0 Å². The molecule has 1 aromatic rings. The van der Waals surface area contributed by atoms with E-state index >= 15 is 0 Å². The first kappa shape index (κ1) is 13.3. The lowest BCUT2D eigenvalue weighted by atomic mass is 10.2. The highest BCUT2D eigenvalue weighted by molar-refractivity contribution is 7.80. The standard InChI is InChI=1S/C14H21N3S/c1-2-7-16-8-10-17(11-9-16)13-5-3-12(4-6-13)14(15)18/h3-6H,2,7-11H2,1H3,(H2,15,18). The predicted molar refractivity (Wildman–Crippen MR) is 81.3 cm³/mol. The van der Waals surface area contributed by atoms with Crippen LogP contribution < -0.4 is 10.6 Å². The van der Waals surface area contributed by atoms with Gasteiger partial charge in [-0.25, -0.2) is 0 Å². The van der Waals surface area contributed by atoms with E-state index in [0.717, 1.165) is 31.7 Å². The Kier molecular flexibility index (Phi) is 4.55. The fourth-order valence-electron chi connectivity index (χ4n) is 2.38. The fraction of sp³-hybridized carbons (Fsp3) is 0.500. The van der Waals surface area contributed by atoms with Crippen molar-refractivity contribution < 1.29 is 0 Å². The largest absolute Gasteiger partial charge is 0.389 e. The summed E-state index contributed by atoms with van der Waals surface area (Å²) in [5.41, 5.74) is 7.82. The molecule has 3 nitrogen and oxygen atoms in total. The van der Waals surface area contributed by atoms with Gasteiger partial charge in [0.05, 0.1) is 0 Å². The minimum Gasteiger partial charge on any atom is -0.389 e. The molecule has 1 fully saturated rings. The molecule has 2 N–H and O–H groups in total. The maximum absolute atomic E-state index is 5.60. The van der Waals surface area contributed by atoms with Crippen molar-refractivity contribution in [2.75, 3.05) is 37.6 Å². The number of thiocarbonyl (C=S) groups is 1. The molecule has 1 heterocycles. The number of anilines is 1. The molecule has 0 atom stereocenters. The number of hydrogen-bond acceptors (Lipinski definition) is 3. The number of benzene rings is 1. The van der Waals surface area contributed by atoms with Crippen LogP contribution in [0.1, 0.15) is 18.9 Å². The minimum atomic E-state index is 0.467. The number of nitrogens with zero attached hydrogens (tertiary/aromatic N) is 2. The molecule has 0 unspecified atom stereocenters. The Bertz CT molecular complexity index is 394. The Hall–Kier alpha value is -1.13. The summed E-state index contributed by atoms with van der Waals surface area (Å²) in [7, 11) is 0. The summed E-state index contributed by atoms with van der Waals surface area (Å²) in [4.78, 5) is 5.42. The van der Waals surface area contributed by atoms with Gasteiger partial charge in [0, 0.05) is 37.4 Å². The first-order valence-electron chi connectivity index (χ1n) is 6.58. The molecule has 0 aromatic heterocycles. The van der Waals surface area contributed by atoms with Gasteiger partial charge < -0.3 is 10.6 Å². The van der Waals surface area contributed by atoms with Gasteiger partial charge in [0.1, 0.15) is 4.99 Å². The third-order valence-corrected chi connectivity index (χ3v) is 3.66. The molecule has 1 saturated heterocycles. The Balaban J connectivity index is 1.95. The van der Waals surface area contributed by atoms with E-state index < -0.39 is 0 Å². The monoisotopic (exact) mass is 263 g/mol. The lowest BCUT2D eigenvalue weighted by molar-refractivity contribution is 0.258. The minimum absolute atomic E-state index is 0.467. The van der Waals surface area contributed by atoms with Gasteiger partial charge in [-0.3, -0.25) is 4.90 Å². The van der Waals surface area contributed by atoms with Gasteiger partial charge in [-0.05, 0) is 37.2 Å². The van der Waals surface area contributed by atoms with E-state index in [0.29, 0.717) is 4.99 Å². The van der Waals surface area contributed by atoms with E-state index in [-0.39, 0.29) is 0 Å². The van der Waals surface area contributed by atoms with Gasteiger partial charge in [-0.1, -0.05) is 19.1 Å². The number of rotatable bonds is 4. The van der Waals surface area contributed by atoms with Gasteiger partial charge in [-0.15, -0.1) is 0 Å². The number of nitrogens with two attached hydrogens (primary N) is 1. The maximum atomic E-state index is 5.60. The topological polar surface area (TPSA) is 32.5 Å². The van der Waals surface area contributed by atoms with Crippen molar-refractivity contribution in [3.63, 3.8) is 0 Å². The van der Waals surface area contributed by atoms with Crippen molar-refractivity contribution in [3.8, 4) is 0 Å². The highest BCUT2D eigenvalue weighted by Crippen LogP contribution is 2.17. The van der Waals surface area contributed by atoms with Crippen molar-refractivity contribution in [2.45, 2.75) is 13.3 Å². The van der Waals surface area contributed by atoms with Crippen LogP contribution in [0.15, 0.2) is 24.3 Å². The summed E-state index contributed by atoms with van der Waals surface area (Å²) in [5, 5.41) is 0. The summed E-state index contributed by atoms with van der Waals surface area (Å²) in [6.07, 6.45) is 1.24. The lowest BCUT2D eigenvalue weighted by Crippen LogP contribution is -2.46. The zero-order valence-corrected chi connectivity index (χ0v) is 11.7. The summed E-state index contributed by atoms with van der Waals surface area (Å²) in [5.74, 6) is 0. The molecule has 1 aliphatic rings. The second-order valence-electron chi connectivity index (χ2n) is 4.74. The normalized spacial score (nSPS) is 16.8. The van der Waals surface area contributed by atoms with Crippen molar-refractivity contribution in [1.29, 1.82) is 0 Å². The van der Waals surface area contributed by atoms with Crippen LogP contribution in [0.25, 0.3) is 0 Å². The SMILES string of the molecule is CCCN1CCN(c2ccc(C(N)=S)cc2)CC1. The summed E-state index contributed by atoms with van der Waals surface area (Å²) >= 11 is 4.96. The highest BCUT2D eigenvalue weighted by atomic mass is 32.1. The van der Waals surface area contributed by atoms with Gasteiger partial charge in [0.2, 0.25) is 0 Å². The molecule has 1 aromatic carbocycles. The second kappa shape index (κ2) is 6.16. The molecule has 1 aliphatic heterocycles. The maximum Gasteiger partial charge on any atom is 0.103 e. The Morgan fingerprint density at radius 1 is 1.17 bits per heavy atom. The Labute approximate surface area is 115 Å². The van der Waals surface area contributed by atoms with E-state index in [1.165, 1.54) is 18.7 Å². The van der Waals surface area contributed by atoms with Crippen LogP contribution in [0.4, 0.5) is 5.69 Å². The second-order valence-corrected chi connectivity index (χ2v) is 5.18. The third kappa shape index (κ3) is 3.21. The van der Waals surface area contributed by atoms with Crippen LogP contribution in [0.5, 0.6) is 0 Å². The van der Waals surface area contributed by atoms with Gasteiger partial charge in [0.25, 0.3) is 0 Å². The van der Waals surface area contributed by atoms with Crippen LogP contribution >= 0.6 is 12.2 Å². The molecular weight excluding hydrogens is 242 g/mol. The fourth-order valence-corrected chi connectivity index (χ4v) is 2.52. The van der Waals surface area contributed by atoms with Crippen LogP contribution in [0.3, 0.4) is 0 Å². The molecule has 0 bridgehead atoms. The Morgan fingerprint density at radius 3 is 2.28 bits per heavy atom. The van der Waals surface area contributed by atoms with E-state index in [1.54, 1.807) is 0 Å². The van der Waals surface area contributed by atoms with E-state index in [4.69, 9.17) is 18.0 Å². The smallest absolute Gasteiger partial charge is 0.103 e. The van der Waals surface area contributed by atoms with Crippen molar-refractivity contribution in [2.24, 2.45) is 5.73 Å². The average Bonchev–Trinajstić information content (AvgIpc) is 2.40. The lowest BCUT2D eigenvalue weighted by Gasteiger charge is -2.36. The van der Waals surface area contributed by atoms with E-state index in [2.05, 4.69) is 28.9 Å². The first-order chi connectivity index (χ1) is 8.70. The zero-order chi connectivity index (χ0) is 13.0. The third-order valence-electron chi connectivity index (χ3n) is 3.43. The summed E-state index contributed by atoms with van der Waals surface area (Å²) in [6.45, 7) is 7.98. The predicted octanol–water partition coefficient (Wildman–Crippen LogP) is 1.85. The molecule has 98 valence electrons.